The van der Waals surface area contributed by atoms with Crippen LogP contribution in [0.5, 0.6) is 0 Å². The molecule has 0 aromatic carbocycles. The summed E-state index contributed by atoms with van der Waals surface area (Å²) < 4.78 is 0. The molecule has 1 aromatic heterocycles. The van der Waals surface area contributed by atoms with Gasteiger partial charge in [0, 0.05) is 24.3 Å². The molecule has 0 saturated heterocycles. The van der Waals surface area contributed by atoms with E-state index in [1.807, 2.05) is 6.92 Å². The topological polar surface area (TPSA) is 104 Å². The summed E-state index contributed by atoms with van der Waals surface area (Å²) in [5.74, 6) is -0.273. The maximum Gasteiger partial charge on any atom is 0.270 e. The average Bonchev–Trinajstić information content (AvgIpc) is 2.51. The van der Waals surface area contributed by atoms with Crippen LogP contribution in [0.2, 0.25) is 0 Å². The summed E-state index contributed by atoms with van der Waals surface area (Å²) in [6, 6.07) is 3.17. The van der Waals surface area contributed by atoms with Gasteiger partial charge in [0.2, 0.25) is 0 Å². The zero-order chi connectivity index (χ0) is 15.8. The third-order valence-electron chi connectivity index (χ3n) is 3.20. The maximum absolute atomic E-state index is 12.1. The van der Waals surface area contributed by atoms with Crippen molar-refractivity contribution in [3.05, 3.63) is 29.6 Å². The van der Waals surface area contributed by atoms with E-state index in [1.54, 1.807) is 12.1 Å². The minimum Gasteiger partial charge on any atom is -0.409 e. The van der Waals surface area contributed by atoms with Crippen LogP contribution in [0.15, 0.2) is 23.5 Å². The van der Waals surface area contributed by atoms with Crippen molar-refractivity contribution < 1.29 is 10.0 Å². The fourth-order valence-electron chi connectivity index (χ4n) is 1.95. The standard InChI is InChI=1S/C14H23N5O2/c1-4-19(5-2)9-10(3)17-14(20)12-7-6-11(8-16-12)13(15)18-21/h6-8,10,21H,4-5,9H2,1-3H3,(H2,15,18)(H,17,20). The number of amides is 1. The molecule has 1 aromatic rings. The first kappa shape index (κ1) is 16.9. The lowest BCUT2D eigenvalue weighted by atomic mass is 10.2. The number of rotatable bonds is 7. The van der Waals surface area contributed by atoms with Gasteiger partial charge in [0.25, 0.3) is 5.91 Å². The molecular weight excluding hydrogens is 270 g/mol. The molecule has 0 bridgehead atoms. The molecule has 116 valence electrons. The Morgan fingerprint density at radius 1 is 1.48 bits per heavy atom. The second-order valence-corrected chi connectivity index (χ2v) is 4.78. The fraction of sp³-hybridized carbons (Fsp3) is 0.500. The Labute approximate surface area is 124 Å². The number of hydrogen-bond donors (Lipinski definition) is 3. The second kappa shape index (κ2) is 8.21. The lowest BCUT2D eigenvalue weighted by molar-refractivity contribution is 0.0925. The first-order valence-electron chi connectivity index (χ1n) is 6.98. The number of nitrogens with two attached hydrogens (primary N) is 1. The second-order valence-electron chi connectivity index (χ2n) is 4.78. The highest BCUT2D eigenvalue weighted by Gasteiger charge is 2.13. The number of carbonyl (C=O) groups excluding carboxylic acids is 1. The van der Waals surface area contributed by atoms with E-state index in [1.165, 1.54) is 6.20 Å². The molecule has 1 rings (SSSR count). The molecule has 1 amide bonds. The van der Waals surface area contributed by atoms with Crippen molar-refractivity contribution in [2.75, 3.05) is 19.6 Å². The van der Waals surface area contributed by atoms with E-state index in [9.17, 15) is 4.79 Å². The summed E-state index contributed by atoms with van der Waals surface area (Å²) in [7, 11) is 0. The molecular formula is C14H23N5O2. The van der Waals surface area contributed by atoms with Crippen molar-refractivity contribution >= 4 is 11.7 Å². The third-order valence-corrected chi connectivity index (χ3v) is 3.20. The Morgan fingerprint density at radius 3 is 2.62 bits per heavy atom. The molecule has 0 aliphatic carbocycles. The molecule has 0 aliphatic rings. The van der Waals surface area contributed by atoms with Crippen LogP contribution in [0.3, 0.4) is 0 Å². The van der Waals surface area contributed by atoms with Crippen molar-refractivity contribution in [3.63, 3.8) is 0 Å². The number of carbonyl (C=O) groups is 1. The SMILES string of the molecule is CCN(CC)CC(C)NC(=O)c1ccc(C(N)=NO)cn1. The van der Waals surface area contributed by atoms with Crippen molar-refractivity contribution in [2.45, 2.75) is 26.8 Å². The number of likely N-dealkylation sites (N-methyl/N-ethyl adjacent to an activating group) is 1. The molecule has 1 unspecified atom stereocenters. The zero-order valence-corrected chi connectivity index (χ0v) is 12.7. The predicted octanol–water partition coefficient (Wildman–Crippen LogP) is 0.636. The molecule has 1 heterocycles. The summed E-state index contributed by atoms with van der Waals surface area (Å²) in [4.78, 5) is 18.3. The van der Waals surface area contributed by atoms with Crippen LogP contribution in [0.1, 0.15) is 36.8 Å². The minimum atomic E-state index is -0.235. The number of aromatic nitrogens is 1. The average molecular weight is 293 g/mol. The molecule has 0 spiro atoms. The maximum atomic E-state index is 12.1. The number of hydrogen-bond acceptors (Lipinski definition) is 5. The van der Waals surface area contributed by atoms with Gasteiger partial charge in [-0.2, -0.15) is 0 Å². The van der Waals surface area contributed by atoms with E-state index in [0.717, 1.165) is 19.6 Å². The highest BCUT2D eigenvalue weighted by Crippen LogP contribution is 2.01. The monoisotopic (exact) mass is 293 g/mol. The van der Waals surface area contributed by atoms with Crippen LogP contribution < -0.4 is 11.1 Å². The number of amidine groups is 1. The van der Waals surface area contributed by atoms with E-state index < -0.39 is 0 Å². The molecule has 0 fully saturated rings. The van der Waals surface area contributed by atoms with Gasteiger partial charge in [-0.15, -0.1) is 0 Å². The van der Waals surface area contributed by atoms with E-state index in [0.29, 0.717) is 11.3 Å². The highest BCUT2D eigenvalue weighted by atomic mass is 16.4. The molecule has 0 radical (unpaired) electrons. The first-order chi connectivity index (χ1) is 10.0. The molecule has 0 saturated carbocycles. The van der Waals surface area contributed by atoms with Gasteiger partial charge in [0.05, 0.1) is 0 Å². The molecule has 4 N–H and O–H groups in total. The summed E-state index contributed by atoms with van der Waals surface area (Å²) >= 11 is 0. The minimum absolute atomic E-state index is 0.0305. The van der Waals surface area contributed by atoms with Crippen molar-refractivity contribution in [1.29, 1.82) is 0 Å². The Hall–Kier alpha value is -2.15. The summed E-state index contributed by atoms with van der Waals surface area (Å²) in [5, 5.41) is 14.4. The zero-order valence-electron chi connectivity index (χ0n) is 12.7. The van der Waals surface area contributed by atoms with Gasteiger partial charge in [-0.1, -0.05) is 19.0 Å². The van der Waals surface area contributed by atoms with E-state index in [2.05, 4.69) is 34.2 Å². The Balaban J connectivity index is 2.63. The lowest BCUT2D eigenvalue weighted by Gasteiger charge is -2.23. The van der Waals surface area contributed by atoms with Crippen LogP contribution in [-0.4, -0.2) is 52.5 Å². The Bertz CT molecular complexity index is 483. The van der Waals surface area contributed by atoms with Crippen LogP contribution >= 0.6 is 0 Å². The van der Waals surface area contributed by atoms with E-state index in [-0.39, 0.29) is 17.8 Å². The van der Waals surface area contributed by atoms with Gasteiger partial charge in [-0.3, -0.25) is 9.78 Å². The number of nitrogens with zero attached hydrogens (tertiary/aromatic N) is 3. The van der Waals surface area contributed by atoms with Gasteiger partial charge in [0.15, 0.2) is 5.84 Å². The van der Waals surface area contributed by atoms with Gasteiger partial charge >= 0.3 is 0 Å². The predicted molar refractivity (Wildman–Crippen MR) is 81.5 cm³/mol. The fourth-order valence-corrected chi connectivity index (χ4v) is 1.95. The summed E-state index contributed by atoms with van der Waals surface area (Å²) in [6.07, 6.45) is 1.40. The van der Waals surface area contributed by atoms with Crippen LogP contribution in [0, 0.1) is 0 Å². The smallest absolute Gasteiger partial charge is 0.270 e. The van der Waals surface area contributed by atoms with Crippen LogP contribution in [0.25, 0.3) is 0 Å². The van der Waals surface area contributed by atoms with E-state index in [4.69, 9.17) is 10.9 Å². The quantitative estimate of drug-likeness (QED) is 0.296. The number of pyridine rings is 1. The van der Waals surface area contributed by atoms with Crippen molar-refractivity contribution in [1.82, 2.24) is 15.2 Å². The molecule has 21 heavy (non-hydrogen) atoms. The van der Waals surface area contributed by atoms with Crippen molar-refractivity contribution in [3.8, 4) is 0 Å². The third kappa shape index (κ3) is 5.03. The normalized spacial score (nSPS) is 13.2. The van der Waals surface area contributed by atoms with Crippen LogP contribution in [-0.2, 0) is 0 Å². The summed E-state index contributed by atoms with van der Waals surface area (Å²) in [5.41, 5.74) is 6.21. The molecule has 0 aliphatic heterocycles. The lowest BCUT2D eigenvalue weighted by Crippen LogP contribution is -2.42. The number of oxime groups is 1. The Kier molecular flexibility index (Phi) is 6.61. The largest absolute Gasteiger partial charge is 0.409 e. The van der Waals surface area contributed by atoms with Gasteiger partial charge in [-0.25, -0.2) is 0 Å². The summed E-state index contributed by atoms with van der Waals surface area (Å²) in [6.45, 7) is 8.83. The van der Waals surface area contributed by atoms with Gasteiger partial charge in [-0.05, 0) is 32.1 Å². The first-order valence-corrected chi connectivity index (χ1v) is 6.98. The highest BCUT2D eigenvalue weighted by molar-refractivity contribution is 5.98. The number of nitrogens with one attached hydrogen (secondary N) is 1. The molecule has 7 heteroatoms. The molecule has 7 nitrogen and oxygen atoms in total. The molecule has 1 atom stereocenters. The van der Waals surface area contributed by atoms with E-state index >= 15 is 0 Å². The van der Waals surface area contributed by atoms with Gasteiger partial charge in [0.1, 0.15) is 5.69 Å². The Morgan fingerprint density at radius 2 is 2.14 bits per heavy atom. The van der Waals surface area contributed by atoms with Crippen LogP contribution in [0.4, 0.5) is 0 Å². The van der Waals surface area contributed by atoms with Gasteiger partial charge < -0.3 is 21.2 Å². The van der Waals surface area contributed by atoms with Crippen molar-refractivity contribution in [2.24, 2.45) is 10.9 Å².